The third kappa shape index (κ3) is 5.52. The second-order valence-electron chi connectivity index (χ2n) is 14.7. The third-order valence-corrected chi connectivity index (χ3v) is 13.6. The second-order valence-corrected chi connectivity index (χ2v) is 16.8. The number of fused-ring (bicyclic) bond motifs is 9. The molecular formula is C53H33N3OS2. The maximum atomic E-state index is 6.88. The number of benzene rings is 9. The molecule has 0 atom stereocenters. The molecule has 0 unspecified atom stereocenters. The Morgan fingerprint density at radius 2 is 0.932 bits per heavy atom. The first-order valence-electron chi connectivity index (χ1n) is 19.7. The molecule has 0 saturated heterocycles. The number of hydrogen-bond donors (Lipinski definition) is 0. The Hall–Kier alpha value is -7.25. The number of hydrogen-bond acceptors (Lipinski definition) is 6. The first kappa shape index (κ1) is 33.8. The number of anilines is 6. The summed E-state index contributed by atoms with van der Waals surface area (Å²) < 4.78 is 11.9. The number of aromatic nitrogens is 1. The van der Waals surface area contributed by atoms with Gasteiger partial charge >= 0.3 is 0 Å². The average molecular weight is 792 g/mol. The molecule has 59 heavy (non-hydrogen) atoms. The van der Waals surface area contributed by atoms with Gasteiger partial charge in [-0.25, -0.2) is 4.98 Å². The zero-order chi connectivity index (χ0) is 38.9. The summed E-state index contributed by atoms with van der Waals surface area (Å²) in [6, 6.07) is 71.4. The molecule has 9 aromatic carbocycles. The highest BCUT2D eigenvalue weighted by Crippen LogP contribution is 2.51. The number of rotatable bonds is 7. The number of thiophene rings is 2. The minimum absolute atomic E-state index is 0.600. The van der Waals surface area contributed by atoms with Gasteiger partial charge < -0.3 is 14.2 Å². The highest BCUT2D eigenvalue weighted by Gasteiger charge is 2.26. The van der Waals surface area contributed by atoms with Crippen LogP contribution in [0.4, 0.5) is 34.1 Å². The average Bonchev–Trinajstić information content (AvgIpc) is 4.02. The summed E-state index contributed by atoms with van der Waals surface area (Å²) in [6.07, 6.45) is 0. The van der Waals surface area contributed by atoms with Crippen molar-refractivity contribution in [1.29, 1.82) is 0 Å². The molecule has 0 fully saturated rings. The van der Waals surface area contributed by atoms with Crippen molar-refractivity contribution >= 4 is 119 Å². The quantitative estimate of drug-likeness (QED) is 0.161. The summed E-state index contributed by atoms with van der Waals surface area (Å²) in [5, 5.41) is 7.07. The molecule has 0 N–H and O–H groups in total. The maximum absolute atomic E-state index is 6.88. The number of para-hydroxylation sites is 2. The molecule has 12 rings (SSSR count). The Labute approximate surface area is 348 Å². The smallest absolute Gasteiger partial charge is 0.227 e. The van der Waals surface area contributed by atoms with Crippen LogP contribution in [-0.2, 0) is 0 Å². The summed E-state index contributed by atoms with van der Waals surface area (Å²) in [7, 11) is 0. The van der Waals surface area contributed by atoms with Gasteiger partial charge in [-0.15, -0.1) is 22.7 Å². The number of oxazole rings is 1. The third-order valence-electron chi connectivity index (χ3n) is 11.2. The van der Waals surface area contributed by atoms with E-state index in [1.807, 2.05) is 40.9 Å². The molecule has 0 bridgehead atoms. The van der Waals surface area contributed by atoms with Crippen LogP contribution in [0.3, 0.4) is 0 Å². The van der Waals surface area contributed by atoms with Crippen molar-refractivity contribution in [2.75, 3.05) is 9.80 Å². The van der Waals surface area contributed by atoms with Gasteiger partial charge in [-0.05, 0) is 84.2 Å². The van der Waals surface area contributed by atoms with Crippen LogP contribution in [0.25, 0.3) is 73.7 Å². The van der Waals surface area contributed by atoms with Crippen LogP contribution in [0.1, 0.15) is 0 Å². The summed E-state index contributed by atoms with van der Waals surface area (Å²) >= 11 is 3.68. The summed E-state index contributed by atoms with van der Waals surface area (Å²) in [5.74, 6) is 0.600. The SMILES string of the molecule is c1ccc(-c2nc3ccc4cc(N(c5ccccc5)c5cccc6c5sc5ccccc56)cc(N(c5ccccc5)c5cccc6c5sc5ccccc56)c4c3o2)cc1. The first-order valence-corrected chi connectivity index (χ1v) is 21.3. The van der Waals surface area contributed by atoms with E-state index in [0.29, 0.717) is 5.89 Å². The van der Waals surface area contributed by atoms with Gasteiger partial charge in [0.2, 0.25) is 5.89 Å². The largest absolute Gasteiger partial charge is 0.435 e. The molecule has 12 aromatic rings. The Kier molecular flexibility index (Phi) is 7.86. The Morgan fingerprint density at radius 3 is 1.56 bits per heavy atom. The lowest BCUT2D eigenvalue weighted by Gasteiger charge is -2.31. The molecule has 0 aliphatic carbocycles. The molecule has 6 heteroatoms. The topological polar surface area (TPSA) is 32.5 Å². The van der Waals surface area contributed by atoms with Gasteiger partial charge in [-0.3, -0.25) is 0 Å². The molecule has 4 nitrogen and oxygen atoms in total. The normalized spacial score (nSPS) is 11.7. The lowest BCUT2D eigenvalue weighted by molar-refractivity contribution is 0.623. The van der Waals surface area contributed by atoms with Crippen molar-refractivity contribution in [3.63, 3.8) is 0 Å². The van der Waals surface area contributed by atoms with Crippen molar-refractivity contribution in [1.82, 2.24) is 4.98 Å². The molecule has 0 aliphatic rings. The zero-order valence-corrected chi connectivity index (χ0v) is 33.3. The van der Waals surface area contributed by atoms with E-state index in [2.05, 4.69) is 192 Å². The van der Waals surface area contributed by atoms with E-state index in [4.69, 9.17) is 9.40 Å². The molecule has 278 valence electrons. The van der Waals surface area contributed by atoms with Crippen molar-refractivity contribution in [2.45, 2.75) is 0 Å². The van der Waals surface area contributed by atoms with E-state index < -0.39 is 0 Å². The minimum atomic E-state index is 0.600. The predicted molar refractivity (Wildman–Crippen MR) is 252 cm³/mol. The van der Waals surface area contributed by atoms with Crippen molar-refractivity contribution < 1.29 is 4.42 Å². The Morgan fingerprint density at radius 1 is 0.407 bits per heavy atom. The van der Waals surface area contributed by atoms with Gasteiger partial charge in [0.15, 0.2) is 5.58 Å². The summed E-state index contributed by atoms with van der Waals surface area (Å²) in [4.78, 5) is 9.92. The Balaban J connectivity index is 1.20. The zero-order valence-electron chi connectivity index (χ0n) is 31.6. The molecule has 3 heterocycles. The van der Waals surface area contributed by atoms with Gasteiger partial charge in [0.1, 0.15) is 5.52 Å². The van der Waals surface area contributed by atoms with E-state index in [-0.39, 0.29) is 0 Å². The number of nitrogens with zero attached hydrogens (tertiary/aromatic N) is 3. The molecule has 0 aliphatic heterocycles. The van der Waals surface area contributed by atoms with Crippen LogP contribution in [-0.4, -0.2) is 4.98 Å². The highest BCUT2D eigenvalue weighted by atomic mass is 32.1. The van der Waals surface area contributed by atoms with Crippen molar-refractivity contribution in [3.8, 4) is 11.5 Å². The predicted octanol–water partition coefficient (Wildman–Crippen LogP) is 16.3. The van der Waals surface area contributed by atoms with Crippen LogP contribution < -0.4 is 9.80 Å². The van der Waals surface area contributed by atoms with Gasteiger partial charge in [0.05, 0.1) is 31.8 Å². The van der Waals surface area contributed by atoms with E-state index >= 15 is 0 Å². The molecule has 0 amide bonds. The Bertz CT molecular complexity index is 3520. The lowest BCUT2D eigenvalue weighted by Crippen LogP contribution is -2.14. The fourth-order valence-corrected chi connectivity index (χ4v) is 11.0. The van der Waals surface area contributed by atoms with E-state index in [1.165, 1.54) is 40.3 Å². The van der Waals surface area contributed by atoms with Gasteiger partial charge in [-0.1, -0.05) is 121 Å². The minimum Gasteiger partial charge on any atom is -0.435 e. The van der Waals surface area contributed by atoms with E-state index in [0.717, 1.165) is 61.6 Å². The molecular weight excluding hydrogens is 759 g/mol. The van der Waals surface area contributed by atoms with Crippen molar-refractivity contribution in [3.05, 3.63) is 200 Å². The van der Waals surface area contributed by atoms with Crippen LogP contribution in [0.15, 0.2) is 205 Å². The van der Waals surface area contributed by atoms with E-state index in [1.54, 1.807) is 0 Å². The maximum Gasteiger partial charge on any atom is 0.227 e. The molecule has 0 saturated carbocycles. The van der Waals surface area contributed by atoms with Crippen LogP contribution in [0.5, 0.6) is 0 Å². The van der Waals surface area contributed by atoms with Crippen LogP contribution in [0.2, 0.25) is 0 Å². The molecule has 0 radical (unpaired) electrons. The fraction of sp³-hybridized carbons (Fsp3) is 0. The van der Waals surface area contributed by atoms with Gasteiger partial charge in [0, 0.05) is 53.6 Å². The summed E-state index contributed by atoms with van der Waals surface area (Å²) in [5.41, 5.74) is 8.91. The van der Waals surface area contributed by atoms with E-state index in [9.17, 15) is 0 Å². The molecule has 0 spiro atoms. The highest BCUT2D eigenvalue weighted by molar-refractivity contribution is 7.26. The summed E-state index contributed by atoms with van der Waals surface area (Å²) in [6.45, 7) is 0. The van der Waals surface area contributed by atoms with Gasteiger partial charge in [0.25, 0.3) is 0 Å². The second kappa shape index (κ2) is 13.7. The fourth-order valence-electron chi connectivity index (χ4n) is 8.62. The monoisotopic (exact) mass is 791 g/mol. The molecule has 3 aromatic heterocycles. The van der Waals surface area contributed by atoms with Crippen molar-refractivity contribution in [2.24, 2.45) is 0 Å². The van der Waals surface area contributed by atoms with Crippen LogP contribution in [0, 0.1) is 0 Å². The first-order chi connectivity index (χ1) is 29.3. The standard InChI is InChI=1S/C53H33N3OS2/c1-4-16-34(17-5-1)53-54-43-31-30-35-32-38(55(36-18-6-2-7-19-36)44-26-14-24-41-39-22-10-12-28-47(39)58-51(41)44)33-46(49(35)50(43)57-53)56(37-20-8-3-9-21-37)45-27-15-25-42-40-23-11-13-29-48(40)59-52(42)45/h1-33H. The van der Waals surface area contributed by atoms with Crippen LogP contribution >= 0.6 is 22.7 Å². The van der Waals surface area contributed by atoms with Gasteiger partial charge in [-0.2, -0.15) is 0 Å². The lowest BCUT2D eigenvalue weighted by atomic mass is 10.0.